The van der Waals surface area contributed by atoms with Crippen molar-refractivity contribution in [1.82, 2.24) is 0 Å². The molecule has 1 aromatic carbocycles. The van der Waals surface area contributed by atoms with Gasteiger partial charge in [-0.25, -0.2) is 0 Å². The van der Waals surface area contributed by atoms with Gasteiger partial charge in [0.15, 0.2) is 0 Å². The lowest BCUT2D eigenvalue weighted by molar-refractivity contribution is 0.283. The maximum absolute atomic E-state index is 8.68. The van der Waals surface area contributed by atoms with Crippen LogP contribution in [-0.4, -0.2) is 32.5 Å². The smallest absolute Gasteiger partial charge is 0.142 e. The zero-order chi connectivity index (χ0) is 13.2. The summed E-state index contributed by atoms with van der Waals surface area (Å²) in [5.41, 5.74) is 0.957. The van der Waals surface area contributed by atoms with Crippen LogP contribution in [0.2, 0.25) is 0 Å². The molecule has 0 fully saturated rings. The molecule has 102 valence electrons. The lowest BCUT2D eigenvalue weighted by Gasteiger charge is -2.12. The van der Waals surface area contributed by atoms with Gasteiger partial charge in [0.2, 0.25) is 0 Å². The van der Waals surface area contributed by atoms with E-state index in [0.29, 0.717) is 0 Å². The molecule has 0 aliphatic carbocycles. The van der Waals surface area contributed by atoms with E-state index in [-0.39, 0.29) is 6.61 Å². The number of hydrogen-bond donors (Lipinski definition) is 2. The van der Waals surface area contributed by atoms with Gasteiger partial charge in [0.05, 0.1) is 19.9 Å². The highest BCUT2D eigenvalue weighted by Gasteiger charge is 2.03. The number of methoxy groups -OCH3 is 2. The van der Waals surface area contributed by atoms with Crippen molar-refractivity contribution in [2.45, 2.75) is 25.7 Å². The van der Waals surface area contributed by atoms with Crippen LogP contribution in [0.5, 0.6) is 11.5 Å². The zero-order valence-electron chi connectivity index (χ0n) is 11.2. The minimum Gasteiger partial charge on any atom is -0.497 e. The molecule has 1 rings (SSSR count). The summed E-state index contributed by atoms with van der Waals surface area (Å²) in [6.07, 6.45) is 4.18. The molecule has 0 amide bonds. The average molecular weight is 253 g/mol. The number of anilines is 1. The molecule has 0 aliphatic rings. The standard InChI is InChI=1S/C14H23NO3/c1-17-12-7-8-14(18-2)13(11-12)15-9-5-3-4-6-10-16/h7-8,11,15-16H,3-6,9-10H2,1-2H3. The molecule has 1 aromatic rings. The van der Waals surface area contributed by atoms with E-state index >= 15 is 0 Å². The van der Waals surface area contributed by atoms with E-state index in [2.05, 4.69) is 5.32 Å². The van der Waals surface area contributed by atoms with Crippen LogP contribution in [0, 0.1) is 0 Å². The minimum absolute atomic E-state index is 0.289. The van der Waals surface area contributed by atoms with Gasteiger partial charge < -0.3 is 19.9 Å². The Hall–Kier alpha value is -1.42. The molecule has 0 spiro atoms. The molecule has 4 heteroatoms. The molecule has 0 heterocycles. The largest absolute Gasteiger partial charge is 0.497 e. The van der Waals surface area contributed by atoms with Gasteiger partial charge in [0.25, 0.3) is 0 Å². The topological polar surface area (TPSA) is 50.7 Å². The number of ether oxygens (including phenoxy) is 2. The van der Waals surface area contributed by atoms with Crippen LogP contribution in [0.4, 0.5) is 5.69 Å². The van der Waals surface area contributed by atoms with Gasteiger partial charge in [-0.2, -0.15) is 0 Å². The van der Waals surface area contributed by atoms with Gasteiger partial charge in [0.1, 0.15) is 11.5 Å². The van der Waals surface area contributed by atoms with E-state index in [4.69, 9.17) is 14.6 Å². The highest BCUT2D eigenvalue weighted by molar-refractivity contribution is 5.59. The highest BCUT2D eigenvalue weighted by atomic mass is 16.5. The molecule has 0 unspecified atom stereocenters. The first-order valence-corrected chi connectivity index (χ1v) is 6.38. The van der Waals surface area contributed by atoms with E-state index in [1.54, 1.807) is 14.2 Å². The Balaban J connectivity index is 2.39. The van der Waals surface area contributed by atoms with Crippen molar-refractivity contribution < 1.29 is 14.6 Å². The SMILES string of the molecule is COc1ccc(OC)c(NCCCCCCO)c1. The summed E-state index contributed by atoms with van der Waals surface area (Å²) in [4.78, 5) is 0. The van der Waals surface area contributed by atoms with Crippen LogP contribution < -0.4 is 14.8 Å². The fourth-order valence-electron chi connectivity index (χ4n) is 1.77. The Bertz CT molecular complexity index is 342. The van der Waals surface area contributed by atoms with E-state index in [1.807, 2.05) is 18.2 Å². The Kier molecular flexibility index (Phi) is 7.03. The molecule has 0 bridgehead atoms. The van der Waals surface area contributed by atoms with Gasteiger partial charge in [-0.05, 0) is 25.0 Å². The number of hydrogen-bond acceptors (Lipinski definition) is 4. The highest BCUT2D eigenvalue weighted by Crippen LogP contribution is 2.28. The first-order chi connectivity index (χ1) is 8.81. The van der Waals surface area contributed by atoms with Gasteiger partial charge in [-0.1, -0.05) is 12.8 Å². The lowest BCUT2D eigenvalue weighted by atomic mass is 10.2. The predicted molar refractivity (Wildman–Crippen MR) is 73.6 cm³/mol. The summed E-state index contributed by atoms with van der Waals surface area (Å²) in [6.45, 7) is 1.19. The molecular weight excluding hydrogens is 230 g/mol. The van der Waals surface area contributed by atoms with E-state index in [0.717, 1.165) is 49.4 Å². The van der Waals surface area contributed by atoms with Crippen molar-refractivity contribution in [3.63, 3.8) is 0 Å². The van der Waals surface area contributed by atoms with Crippen molar-refractivity contribution in [2.24, 2.45) is 0 Å². The quantitative estimate of drug-likeness (QED) is 0.664. The second-order valence-electron chi connectivity index (χ2n) is 4.13. The van der Waals surface area contributed by atoms with Crippen LogP contribution in [-0.2, 0) is 0 Å². The van der Waals surface area contributed by atoms with Crippen molar-refractivity contribution >= 4 is 5.69 Å². The molecule has 2 N–H and O–H groups in total. The average Bonchev–Trinajstić information content (AvgIpc) is 2.42. The van der Waals surface area contributed by atoms with Crippen LogP contribution in [0.1, 0.15) is 25.7 Å². The maximum atomic E-state index is 8.68. The third kappa shape index (κ3) is 4.84. The van der Waals surface area contributed by atoms with Crippen molar-refractivity contribution in [3.8, 4) is 11.5 Å². The Morgan fingerprint density at radius 1 is 1.06 bits per heavy atom. The first-order valence-electron chi connectivity index (χ1n) is 6.38. The van der Waals surface area contributed by atoms with Gasteiger partial charge in [0, 0.05) is 19.2 Å². The number of nitrogens with one attached hydrogen (secondary N) is 1. The lowest BCUT2D eigenvalue weighted by Crippen LogP contribution is -2.03. The molecule has 0 saturated heterocycles. The number of unbranched alkanes of at least 4 members (excludes halogenated alkanes) is 3. The van der Waals surface area contributed by atoms with E-state index < -0.39 is 0 Å². The maximum Gasteiger partial charge on any atom is 0.142 e. The van der Waals surface area contributed by atoms with Crippen molar-refractivity contribution in [2.75, 3.05) is 32.7 Å². The van der Waals surface area contributed by atoms with E-state index in [9.17, 15) is 0 Å². The van der Waals surface area contributed by atoms with Crippen LogP contribution >= 0.6 is 0 Å². The fraction of sp³-hybridized carbons (Fsp3) is 0.571. The Morgan fingerprint density at radius 2 is 1.83 bits per heavy atom. The fourth-order valence-corrected chi connectivity index (χ4v) is 1.77. The summed E-state index contributed by atoms with van der Waals surface area (Å²) >= 11 is 0. The van der Waals surface area contributed by atoms with E-state index in [1.165, 1.54) is 0 Å². The Labute approximate surface area is 109 Å². The third-order valence-electron chi connectivity index (χ3n) is 2.81. The second kappa shape index (κ2) is 8.64. The second-order valence-corrected chi connectivity index (χ2v) is 4.13. The summed E-state index contributed by atoms with van der Waals surface area (Å²) in [7, 11) is 3.31. The van der Waals surface area contributed by atoms with Gasteiger partial charge in [-0.3, -0.25) is 0 Å². The molecule has 0 atom stereocenters. The summed E-state index contributed by atoms with van der Waals surface area (Å²) < 4.78 is 10.5. The molecule has 0 aromatic heterocycles. The first kappa shape index (κ1) is 14.6. The monoisotopic (exact) mass is 253 g/mol. The van der Waals surface area contributed by atoms with Crippen molar-refractivity contribution in [3.05, 3.63) is 18.2 Å². The zero-order valence-corrected chi connectivity index (χ0v) is 11.2. The van der Waals surface area contributed by atoms with Crippen LogP contribution in [0.3, 0.4) is 0 Å². The molecule has 0 saturated carbocycles. The normalized spacial score (nSPS) is 10.2. The third-order valence-corrected chi connectivity index (χ3v) is 2.81. The molecule has 4 nitrogen and oxygen atoms in total. The number of rotatable bonds is 9. The summed E-state index contributed by atoms with van der Waals surface area (Å²) in [5, 5.41) is 12.0. The van der Waals surface area contributed by atoms with Crippen LogP contribution in [0.25, 0.3) is 0 Å². The number of aliphatic hydroxyl groups is 1. The molecule has 0 radical (unpaired) electrons. The summed E-state index contributed by atoms with van der Waals surface area (Å²) in [6, 6.07) is 5.71. The molecule has 0 aliphatic heterocycles. The molecule has 18 heavy (non-hydrogen) atoms. The Morgan fingerprint density at radius 3 is 2.50 bits per heavy atom. The number of benzene rings is 1. The number of aliphatic hydroxyl groups excluding tert-OH is 1. The van der Waals surface area contributed by atoms with Gasteiger partial charge >= 0.3 is 0 Å². The predicted octanol–water partition coefficient (Wildman–Crippen LogP) is 2.67. The van der Waals surface area contributed by atoms with Crippen molar-refractivity contribution in [1.29, 1.82) is 0 Å². The van der Waals surface area contributed by atoms with Gasteiger partial charge in [-0.15, -0.1) is 0 Å². The van der Waals surface area contributed by atoms with Crippen LogP contribution in [0.15, 0.2) is 18.2 Å². The molecular formula is C14H23NO3. The minimum atomic E-state index is 0.289. The summed E-state index contributed by atoms with van der Waals surface area (Å²) in [5.74, 6) is 1.64.